The molecular weight excluding hydrogens is 164 g/mol. The minimum absolute atomic E-state index is 0.0753. The van der Waals surface area contributed by atoms with Crippen LogP contribution in [0.2, 0.25) is 0 Å². The summed E-state index contributed by atoms with van der Waals surface area (Å²) in [5.41, 5.74) is 0. The molecule has 12 heavy (non-hydrogen) atoms. The van der Waals surface area contributed by atoms with Crippen molar-refractivity contribution in [3.63, 3.8) is 0 Å². The number of nitrogens with two attached hydrogens (primary N) is 1. The van der Waals surface area contributed by atoms with E-state index in [9.17, 15) is 9.59 Å². The first-order valence-corrected chi connectivity index (χ1v) is 3.28. The summed E-state index contributed by atoms with van der Waals surface area (Å²) in [6.07, 6.45) is -0.997. The molecule has 1 amide bonds. The van der Waals surface area contributed by atoms with Crippen LogP contribution in [0.4, 0.5) is 4.79 Å². The van der Waals surface area contributed by atoms with Gasteiger partial charge in [0.05, 0.1) is 6.42 Å². The van der Waals surface area contributed by atoms with Gasteiger partial charge in [-0.05, 0) is 6.92 Å². The quantitative estimate of drug-likeness (QED) is 0.344. The van der Waals surface area contributed by atoms with Crippen LogP contribution in [0, 0.1) is 6.92 Å². The molecule has 0 atom stereocenters. The molecule has 0 spiro atoms. The van der Waals surface area contributed by atoms with Gasteiger partial charge in [-0.1, -0.05) is 0 Å². The Morgan fingerprint density at radius 1 is 1.58 bits per heavy atom. The molecule has 0 aromatic rings. The second-order valence-electron chi connectivity index (χ2n) is 1.95. The van der Waals surface area contributed by atoms with E-state index >= 15 is 0 Å². The lowest BCUT2D eigenvalue weighted by molar-refractivity contribution is -0.137. The van der Waals surface area contributed by atoms with Gasteiger partial charge in [0.2, 0.25) is 0 Å². The zero-order valence-corrected chi connectivity index (χ0v) is 6.52. The van der Waals surface area contributed by atoms with Crippen molar-refractivity contribution in [1.82, 2.24) is 5.01 Å². The van der Waals surface area contributed by atoms with E-state index in [4.69, 9.17) is 10.9 Å². The number of carboxylic acids is 1. The molecule has 1 radical (unpaired) electrons. The third kappa shape index (κ3) is 4.51. The minimum atomic E-state index is -1.03. The highest BCUT2D eigenvalue weighted by atomic mass is 16.6. The highest BCUT2D eigenvalue weighted by Crippen LogP contribution is 1.88. The molecule has 0 saturated heterocycles. The van der Waals surface area contributed by atoms with E-state index in [1.54, 1.807) is 0 Å². The molecule has 0 aliphatic rings. The van der Waals surface area contributed by atoms with Crippen molar-refractivity contribution in [3.8, 4) is 0 Å². The van der Waals surface area contributed by atoms with Gasteiger partial charge < -0.3 is 9.84 Å². The van der Waals surface area contributed by atoms with Crippen molar-refractivity contribution in [2.75, 3.05) is 13.2 Å². The van der Waals surface area contributed by atoms with E-state index in [1.165, 1.54) is 0 Å². The van der Waals surface area contributed by atoms with Crippen molar-refractivity contribution >= 4 is 12.1 Å². The van der Waals surface area contributed by atoms with Crippen LogP contribution in [0.15, 0.2) is 0 Å². The van der Waals surface area contributed by atoms with Crippen molar-refractivity contribution in [3.05, 3.63) is 6.92 Å². The number of carbonyl (C=O) groups excluding carboxylic acids is 1. The van der Waals surface area contributed by atoms with Gasteiger partial charge in [-0.25, -0.2) is 15.6 Å². The molecule has 0 aliphatic carbocycles. The van der Waals surface area contributed by atoms with Gasteiger partial charge >= 0.3 is 12.1 Å². The average molecular weight is 175 g/mol. The van der Waals surface area contributed by atoms with Crippen LogP contribution in [-0.2, 0) is 9.53 Å². The molecule has 0 bridgehead atoms. The summed E-state index contributed by atoms with van der Waals surface area (Å²) in [7, 11) is 0. The van der Waals surface area contributed by atoms with E-state index in [0.717, 1.165) is 5.01 Å². The summed E-state index contributed by atoms with van der Waals surface area (Å²) in [6, 6.07) is 0. The topological polar surface area (TPSA) is 92.9 Å². The number of carbonyl (C=O) groups is 2. The zero-order valence-electron chi connectivity index (χ0n) is 6.52. The first kappa shape index (κ1) is 10.7. The molecule has 0 heterocycles. The normalized spacial score (nSPS) is 9.17. The van der Waals surface area contributed by atoms with Gasteiger partial charge in [-0.3, -0.25) is 4.79 Å². The summed E-state index contributed by atoms with van der Waals surface area (Å²) in [5, 5.41) is 8.93. The first-order valence-electron chi connectivity index (χ1n) is 3.28. The van der Waals surface area contributed by atoms with Gasteiger partial charge in [0, 0.05) is 6.54 Å². The maximum atomic E-state index is 10.7. The molecule has 0 fully saturated rings. The van der Waals surface area contributed by atoms with Crippen molar-refractivity contribution in [1.29, 1.82) is 0 Å². The zero-order chi connectivity index (χ0) is 9.56. The number of carboxylic acid groups (broad SMARTS) is 1. The number of amides is 1. The number of nitrogens with zero attached hydrogens (tertiary/aromatic N) is 1. The second-order valence-corrected chi connectivity index (χ2v) is 1.95. The molecule has 0 saturated carbocycles. The van der Waals surface area contributed by atoms with Crippen molar-refractivity contribution in [2.45, 2.75) is 6.42 Å². The van der Waals surface area contributed by atoms with E-state index in [1.807, 2.05) is 0 Å². The molecular formula is C6H11N2O4. The van der Waals surface area contributed by atoms with Gasteiger partial charge in [0.25, 0.3) is 0 Å². The Bertz CT molecular complexity index is 171. The van der Waals surface area contributed by atoms with Crippen LogP contribution >= 0.6 is 0 Å². The molecule has 69 valence electrons. The fraction of sp³-hybridized carbons (Fsp3) is 0.500. The van der Waals surface area contributed by atoms with Crippen LogP contribution in [-0.4, -0.2) is 35.3 Å². The van der Waals surface area contributed by atoms with Crippen molar-refractivity contribution in [2.24, 2.45) is 5.84 Å². The van der Waals surface area contributed by atoms with Crippen molar-refractivity contribution < 1.29 is 19.4 Å². The van der Waals surface area contributed by atoms with Crippen LogP contribution in [0.25, 0.3) is 0 Å². The largest absolute Gasteiger partial charge is 0.481 e. The lowest BCUT2D eigenvalue weighted by atomic mass is 10.5. The van der Waals surface area contributed by atoms with E-state index in [0.29, 0.717) is 0 Å². The molecule has 6 heteroatoms. The predicted octanol–water partition coefficient (Wildman–Crippen LogP) is -0.393. The molecule has 0 rings (SSSR count). The summed E-state index contributed by atoms with van der Waals surface area (Å²) in [4.78, 5) is 20.7. The first-order chi connectivity index (χ1) is 5.57. The predicted molar refractivity (Wildman–Crippen MR) is 39.9 cm³/mol. The smallest absolute Gasteiger partial charge is 0.424 e. The van der Waals surface area contributed by atoms with Gasteiger partial charge in [0.15, 0.2) is 0 Å². The summed E-state index contributed by atoms with van der Waals surface area (Å²) in [6.45, 7) is 3.23. The van der Waals surface area contributed by atoms with Crippen LogP contribution < -0.4 is 5.84 Å². The SMILES string of the molecule is [CH2]CN(N)C(=O)OCCC(=O)O. The maximum Gasteiger partial charge on any atom is 0.424 e. The van der Waals surface area contributed by atoms with E-state index in [2.05, 4.69) is 11.7 Å². The maximum absolute atomic E-state index is 10.7. The number of aliphatic carboxylic acids is 1. The van der Waals surface area contributed by atoms with Gasteiger partial charge in [-0.2, -0.15) is 0 Å². The van der Waals surface area contributed by atoms with Gasteiger partial charge in [0.1, 0.15) is 6.61 Å². The Morgan fingerprint density at radius 2 is 2.17 bits per heavy atom. The minimum Gasteiger partial charge on any atom is -0.481 e. The number of hydrogen-bond donors (Lipinski definition) is 2. The standard InChI is InChI=1S/C6H11N2O4/c1-2-8(7)6(11)12-4-3-5(9)10/h1-4,7H2,(H,9,10). The fourth-order valence-corrected chi connectivity index (χ4v) is 0.400. The Balaban J connectivity index is 3.50. The summed E-state index contributed by atoms with van der Waals surface area (Å²) in [5.74, 6) is 4.06. The van der Waals surface area contributed by atoms with Crippen LogP contribution in [0.1, 0.15) is 6.42 Å². The Morgan fingerprint density at radius 3 is 2.58 bits per heavy atom. The van der Waals surface area contributed by atoms with E-state index in [-0.39, 0.29) is 19.6 Å². The Kier molecular flexibility index (Phi) is 4.78. The molecule has 6 nitrogen and oxygen atoms in total. The second kappa shape index (κ2) is 5.36. The molecule has 0 aromatic heterocycles. The van der Waals surface area contributed by atoms with E-state index < -0.39 is 12.1 Å². The highest BCUT2D eigenvalue weighted by molar-refractivity contribution is 5.69. The number of hydrazine groups is 1. The molecule has 3 N–H and O–H groups in total. The average Bonchev–Trinajstić information content (AvgIpc) is 2.02. The third-order valence-corrected chi connectivity index (χ3v) is 1.02. The number of ether oxygens (including phenoxy) is 1. The Hall–Kier alpha value is -1.30. The number of hydrogen-bond acceptors (Lipinski definition) is 4. The molecule has 0 unspecified atom stereocenters. The van der Waals surface area contributed by atoms with Gasteiger partial charge in [-0.15, -0.1) is 0 Å². The fourth-order valence-electron chi connectivity index (χ4n) is 0.400. The lowest BCUT2D eigenvalue weighted by Gasteiger charge is -2.12. The van der Waals surface area contributed by atoms with Crippen LogP contribution in [0.3, 0.4) is 0 Å². The third-order valence-electron chi connectivity index (χ3n) is 1.02. The monoisotopic (exact) mass is 175 g/mol. The Labute approximate surface area is 69.9 Å². The molecule has 0 aromatic carbocycles. The lowest BCUT2D eigenvalue weighted by Crippen LogP contribution is -2.37. The highest BCUT2D eigenvalue weighted by Gasteiger charge is 2.08. The summed E-state index contributed by atoms with van der Waals surface area (Å²) >= 11 is 0. The van der Waals surface area contributed by atoms with Crippen LogP contribution in [0.5, 0.6) is 0 Å². The summed E-state index contributed by atoms with van der Waals surface area (Å²) < 4.78 is 4.45. The molecule has 0 aliphatic heterocycles. The number of rotatable bonds is 4.